The second-order valence-corrected chi connectivity index (χ2v) is 4.62. The zero-order chi connectivity index (χ0) is 14.2. The zero-order valence-corrected chi connectivity index (χ0v) is 12.1. The van der Waals surface area contributed by atoms with Gasteiger partial charge in [-0.15, -0.1) is 0 Å². The van der Waals surface area contributed by atoms with Crippen molar-refractivity contribution in [1.29, 1.82) is 0 Å². The van der Waals surface area contributed by atoms with E-state index >= 15 is 0 Å². The minimum atomic E-state index is 0.556. The Bertz CT molecular complexity index is 526. The molecule has 3 nitrogen and oxygen atoms in total. The molecule has 106 valence electrons. The van der Waals surface area contributed by atoms with E-state index in [0.717, 1.165) is 30.2 Å². The van der Waals surface area contributed by atoms with Crippen LogP contribution in [0.3, 0.4) is 0 Å². The molecule has 0 radical (unpaired) electrons. The van der Waals surface area contributed by atoms with Gasteiger partial charge in [-0.3, -0.25) is 0 Å². The van der Waals surface area contributed by atoms with E-state index in [1.807, 2.05) is 30.3 Å². The third-order valence-corrected chi connectivity index (χ3v) is 3.16. The van der Waals surface area contributed by atoms with E-state index in [1.54, 1.807) is 7.11 Å². The molecule has 0 aliphatic rings. The highest BCUT2D eigenvalue weighted by molar-refractivity contribution is 5.46. The van der Waals surface area contributed by atoms with Gasteiger partial charge in [-0.2, -0.15) is 0 Å². The Kier molecular flexibility index (Phi) is 5.44. The van der Waals surface area contributed by atoms with E-state index < -0.39 is 0 Å². The van der Waals surface area contributed by atoms with E-state index in [-0.39, 0.29) is 0 Å². The summed E-state index contributed by atoms with van der Waals surface area (Å²) in [5.74, 6) is 1.64. The van der Waals surface area contributed by atoms with Gasteiger partial charge in [0, 0.05) is 0 Å². The van der Waals surface area contributed by atoms with Crippen molar-refractivity contribution < 1.29 is 14.8 Å². The van der Waals surface area contributed by atoms with Crippen molar-refractivity contribution >= 4 is 0 Å². The van der Waals surface area contributed by atoms with Crippen molar-refractivity contribution in [3.05, 3.63) is 59.7 Å². The predicted molar refractivity (Wildman–Crippen MR) is 79.9 cm³/mol. The highest BCUT2D eigenvalue weighted by atomic mass is 16.5. The lowest BCUT2D eigenvalue weighted by atomic mass is 10.1. The maximum absolute atomic E-state index is 6.00. The lowest BCUT2D eigenvalue weighted by molar-refractivity contribution is -0.667. The van der Waals surface area contributed by atoms with E-state index in [9.17, 15) is 0 Å². The fourth-order valence-corrected chi connectivity index (χ4v) is 2.08. The molecule has 0 aliphatic heterocycles. The van der Waals surface area contributed by atoms with Crippen LogP contribution < -0.4 is 14.8 Å². The van der Waals surface area contributed by atoms with Crippen LogP contribution in [0, 0.1) is 0 Å². The molecule has 3 heteroatoms. The van der Waals surface area contributed by atoms with Crippen LogP contribution in [0.4, 0.5) is 0 Å². The molecule has 0 atom stereocenters. The minimum absolute atomic E-state index is 0.556. The number of para-hydroxylation sites is 1. The van der Waals surface area contributed by atoms with Crippen LogP contribution in [0.5, 0.6) is 11.5 Å². The van der Waals surface area contributed by atoms with Crippen molar-refractivity contribution in [2.45, 2.75) is 20.1 Å². The number of hydrogen-bond acceptors (Lipinski definition) is 2. The van der Waals surface area contributed by atoms with E-state index in [0.29, 0.717) is 6.61 Å². The number of rotatable bonds is 7. The molecule has 0 saturated heterocycles. The Labute approximate surface area is 120 Å². The van der Waals surface area contributed by atoms with Gasteiger partial charge in [0.05, 0.1) is 19.2 Å². The van der Waals surface area contributed by atoms with Gasteiger partial charge in [-0.05, 0) is 24.6 Å². The van der Waals surface area contributed by atoms with Gasteiger partial charge in [0.1, 0.15) is 13.2 Å². The van der Waals surface area contributed by atoms with Crippen molar-refractivity contribution in [2.24, 2.45) is 0 Å². The lowest BCUT2D eigenvalue weighted by Crippen LogP contribution is -2.81. The van der Waals surface area contributed by atoms with Crippen LogP contribution in [0.2, 0.25) is 0 Å². The summed E-state index contributed by atoms with van der Waals surface area (Å²) < 4.78 is 11.4. The molecule has 0 spiro atoms. The number of methoxy groups -OCH3 is 1. The number of hydrogen-bond donors (Lipinski definition) is 1. The second kappa shape index (κ2) is 7.56. The van der Waals surface area contributed by atoms with Gasteiger partial charge >= 0.3 is 0 Å². The van der Waals surface area contributed by atoms with Gasteiger partial charge in [-0.1, -0.05) is 36.4 Å². The summed E-state index contributed by atoms with van der Waals surface area (Å²) in [6.45, 7) is 4.65. The van der Waals surface area contributed by atoms with Gasteiger partial charge in [0.2, 0.25) is 0 Å². The second-order valence-electron chi connectivity index (χ2n) is 4.62. The Balaban J connectivity index is 2.15. The van der Waals surface area contributed by atoms with Crippen molar-refractivity contribution in [2.75, 3.05) is 13.7 Å². The lowest BCUT2D eigenvalue weighted by Gasteiger charge is -2.14. The molecule has 2 aromatic rings. The Morgan fingerprint density at radius 1 is 1.00 bits per heavy atom. The standard InChI is InChI=1S/C17H21NO2/c1-3-18-12-15-10-7-11-16(19-2)17(15)20-13-14-8-5-4-6-9-14/h4-11,18H,3,12-13H2,1-2H3/p+1. The summed E-state index contributed by atoms with van der Waals surface area (Å²) in [6.07, 6.45) is 0. The van der Waals surface area contributed by atoms with Gasteiger partial charge < -0.3 is 14.8 Å². The third-order valence-electron chi connectivity index (χ3n) is 3.16. The Morgan fingerprint density at radius 2 is 1.80 bits per heavy atom. The van der Waals surface area contributed by atoms with Crippen LogP contribution in [0.25, 0.3) is 0 Å². The molecule has 0 bridgehead atoms. The smallest absolute Gasteiger partial charge is 0.170 e. The predicted octanol–water partition coefficient (Wildman–Crippen LogP) is 2.36. The SMILES string of the molecule is CC[NH2+]Cc1cccc(OC)c1OCc1ccccc1. The van der Waals surface area contributed by atoms with Gasteiger partial charge in [0.15, 0.2) is 11.5 Å². The molecule has 0 heterocycles. The van der Waals surface area contributed by atoms with Crippen LogP contribution in [0.1, 0.15) is 18.1 Å². The van der Waals surface area contributed by atoms with Crippen LogP contribution in [0.15, 0.2) is 48.5 Å². The Morgan fingerprint density at radius 3 is 2.50 bits per heavy atom. The summed E-state index contributed by atoms with van der Waals surface area (Å²) in [5.41, 5.74) is 2.32. The number of nitrogens with two attached hydrogens (primary N) is 1. The quantitative estimate of drug-likeness (QED) is 0.839. The van der Waals surface area contributed by atoms with Crippen LogP contribution in [-0.4, -0.2) is 13.7 Å². The van der Waals surface area contributed by atoms with Crippen molar-refractivity contribution in [1.82, 2.24) is 0 Å². The Hall–Kier alpha value is -2.00. The average Bonchev–Trinajstić information content (AvgIpc) is 2.52. The molecule has 0 fully saturated rings. The molecular weight excluding hydrogens is 250 g/mol. The first-order valence-electron chi connectivity index (χ1n) is 6.99. The molecule has 0 unspecified atom stereocenters. The zero-order valence-electron chi connectivity index (χ0n) is 12.1. The molecule has 2 aromatic carbocycles. The first-order chi connectivity index (χ1) is 9.85. The largest absolute Gasteiger partial charge is 0.493 e. The number of benzene rings is 2. The molecular formula is C17H22NO2+. The van der Waals surface area contributed by atoms with Crippen LogP contribution in [-0.2, 0) is 13.2 Å². The average molecular weight is 272 g/mol. The topological polar surface area (TPSA) is 35.1 Å². The molecule has 0 saturated carbocycles. The molecule has 20 heavy (non-hydrogen) atoms. The van der Waals surface area contributed by atoms with E-state index in [1.165, 1.54) is 5.56 Å². The molecule has 0 aliphatic carbocycles. The third kappa shape index (κ3) is 3.75. The fraction of sp³-hybridized carbons (Fsp3) is 0.294. The fourth-order valence-electron chi connectivity index (χ4n) is 2.08. The summed E-state index contributed by atoms with van der Waals surface area (Å²) in [6, 6.07) is 16.2. The molecule has 2 N–H and O–H groups in total. The number of quaternary nitrogens is 1. The van der Waals surface area contributed by atoms with E-state index in [2.05, 4.69) is 30.4 Å². The van der Waals surface area contributed by atoms with E-state index in [4.69, 9.17) is 9.47 Å². The summed E-state index contributed by atoms with van der Waals surface area (Å²) in [4.78, 5) is 0. The van der Waals surface area contributed by atoms with Gasteiger partial charge in [-0.25, -0.2) is 0 Å². The summed E-state index contributed by atoms with van der Waals surface area (Å²) in [7, 11) is 1.68. The summed E-state index contributed by atoms with van der Waals surface area (Å²) in [5, 5.41) is 2.24. The minimum Gasteiger partial charge on any atom is -0.493 e. The highest BCUT2D eigenvalue weighted by Crippen LogP contribution is 2.31. The highest BCUT2D eigenvalue weighted by Gasteiger charge is 2.11. The van der Waals surface area contributed by atoms with Gasteiger partial charge in [0.25, 0.3) is 0 Å². The first-order valence-corrected chi connectivity index (χ1v) is 6.99. The number of ether oxygens (including phenoxy) is 2. The van der Waals surface area contributed by atoms with Crippen molar-refractivity contribution in [3.8, 4) is 11.5 Å². The molecule has 0 amide bonds. The normalized spacial score (nSPS) is 10.3. The first kappa shape index (κ1) is 14.4. The molecule has 0 aromatic heterocycles. The molecule has 2 rings (SSSR count). The van der Waals surface area contributed by atoms with Crippen molar-refractivity contribution in [3.63, 3.8) is 0 Å². The maximum Gasteiger partial charge on any atom is 0.170 e. The van der Waals surface area contributed by atoms with Crippen LogP contribution >= 0.6 is 0 Å². The maximum atomic E-state index is 6.00. The summed E-state index contributed by atoms with van der Waals surface area (Å²) >= 11 is 0. The monoisotopic (exact) mass is 272 g/mol.